The molecule has 0 atom stereocenters. The van der Waals surface area contributed by atoms with Crippen LogP contribution in [-0.4, -0.2) is 11.4 Å². The number of carbonyl (C=O) groups excluding carboxylic acids is 1. The monoisotopic (exact) mass is 274 g/mol. The van der Waals surface area contributed by atoms with Crippen LogP contribution in [0.2, 0.25) is 0 Å². The molecular weight excluding hydrogens is 262 g/mol. The van der Waals surface area contributed by atoms with E-state index in [4.69, 9.17) is 0 Å². The average Bonchev–Trinajstić information content (AvgIpc) is 2.39. The molecule has 0 aliphatic carbocycles. The van der Waals surface area contributed by atoms with Crippen molar-refractivity contribution >= 4 is 18.4 Å². The van der Waals surface area contributed by atoms with E-state index < -0.39 is 11.6 Å². The summed E-state index contributed by atoms with van der Waals surface area (Å²) in [6.07, 6.45) is 3.71. The summed E-state index contributed by atoms with van der Waals surface area (Å²) >= 11 is 0. The predicted molar refractivity (Wildman–Crippen MR) is 73.5 cm³/mol. The van der Waals surface area contributed by atoms with Gasteiger partial charge in [-0.15, -0.1) is 0 Å². The van der Waals surface area contributed by atoms with Crippen LogP contribution in [0.5, 0.6) is 5.75 Å². The minimum Gasteiger partial charge on any atom is -0.507 e. The smallest absolute Gasteiger partial charge is 0.153 e. The van der Waals surface area contributed by atoms with E-state index in [-0.39, 0.29) is 11.3 Å². The van der Waals surface area contributed by atoms with Crippen LogP contribution >= 0.6 is 0 Å². The van der Waals surface area contributed by atoms with E-state index in [1.54, 1.807) is 19.1 Å². The predicted octanol–water partition coefficient (Wildman–Crippen LogP) is 3.96. The van der Waals surface area contributed by atoms with Crippen molar-refractivity contribution in [2.45, 2.75) is 6.92 Å². The largest absolute Gasteiger partial charge is 0.507 e. The summed E-state index contributed by atoms with van der Waals surface area (Å²) in [5.41, 5.74) is 1.77. The van der Waals surface area contributed by atoms with E-state index >= 15 is 0 Å². The number of phenols is 1. The van der Waals surface area contributed by atoms with Gasteiger partial charge in [0, 0.05) is 6.07 Å². The van der Waals surface area contributed by atoms with E-state index in [1.807, 2.05) is 0 Å². The number of aryl methyl sites for hydroxylation is 1. The second-order valence-electron chi connectivity index (χ2n) is 4.43. The van der Waals surface area contributed by atoms with E-state index in [0.717, 1.165) is 6.07 Å². The molecule has 2 rings (SSSR count). The Balaban J connectivity index is 2.36. The second kappa shape index (κ2) is 5.65. The Morgan fingerprint density at radius 1 is 0.950 bits per heavy atom. The summed E-state index contributed by atoms with van der Waals surface area (Å²) in [5, 5.41) is 9.63. The Morgan fingerprint density at radius 3 is 2.05 bits per heavy atom. The molecule has 0 fully saturated rings. The Hall–Kier alpha value is -2.49. The summed E-state index contributed by atoms with van der Waals surface area (Å²) < 4.78 is 26.1. The Kier molecular flexibility index (Phi) is 3.94. The van der Waals surface area contributed by atoms with Crippen LogP contribution < -0.4 is 0 Å². The fourth-order valence-electron chi connectivity index (χ4n) is 1.89. The molecule has 0 radical (unpaired) electrons. The van der Waals surface area contributed by atoms with Gasteiger partial charge in [-0.05, 0) is 47.9 Å². The van der Waals surface area contributed by atoms with E-state index in [1.165, 1.54) is 24.3 Å². The summed E-state index contributed by atoms with van der Waals surface area (Å²) in [6.45, 7) is 1.67. The van der Waals surface area contributed by atoms with Gasteiger partial charge in [0.1, 0.15) is 17.4 Å². The molecule has 0 unspecified atom stereocenters. The van der Waals surface area contributed by atoms with Gasteiger partial charge in [-0.25, -0.2) is 8.78 Å². The lowest BCUT2D eigenvalue weighted by atomic mass is 10.0. The first-order chi connectivity index (χ1) is 9.49. The molecule has 0 bridgehead atoms. The standard InChI is InChI=1S/C16H12F2O2/c1-10-4-11(5-13(9-19)16(10)20)2-3-12-6-14(17)8-15(18)7-12/h2-9,20H,1H3/b3-2+. The molecule has 0 aromatic heterocycles. The number of phenolic OH excluding ortho intramolecular Hbond substituents is 1. The second-order valence-corrected chi connectivity index (χ2v) is 4.43. The maximum absolute atomic E-state index is 13.0. The summed E-state index contributed by atoms with van der Waals surface area (Å²) in [7, 11) is 0. The van der Waals surface area contributed by atoms with E-state index in [0.29, 0.717) is 23.0 Å². The lowest BCUT2D eigenvalue weighted by molar-refractivity contribution is 0.112. The fourth-order valence-corrected chi connectivity index (χ4v) is 1.89. The van der Waals surface area contributed by atoms with Crippen molar-refractivity contribution in [2.75, 3.05) is 0 Å². The molecule has 0 aliphatic rings. The highest BCUT2D eigenvalue weighted by atomic mass is 19.1. The number of aromatic hydroxyl groups is 1. The van der Waals surface area contributed by atoms with Crippen LogP contribution in [0.4, 0.5) is 8.78 Å². The minimum atomic E-state index is -0.653. The van der Waals surface area contributed by atoms with Crippen molar-refractivity contribution in [3.05, 3.63) is 64.2 Å². The molecule has 0 amide bonds. The maximum Gasteiger partial charge on any atom is 0.153 e. The van der Waals surface area contributed by atoms with Crippen molar-refractivity contribution in [1.29, 1.82) is 0 Å². The quantitative estimate of drug-likeness (QED) is 0.679. The lowest BCUT2D eigenvalue weighted by Gasteiger charge is -2.04. The first-order valence-corrected chi connectivity index (χ1v) is 5.92. The third kappa shape index (κ3) is 3.09. The van der Waals surface area contributed by atoms with Crippen LogP contribution in [0, 0.1) is 18.6 Å². The van der Waals surface area contributed by atoms with Crippen molar-refractivity contribution in [3.63, 3.8) is 0 Å². The van der Waals surface area contributed by atoms with Crippen LogP contribution in [0.25, 0.3) is 12.2 Å². The third-order valence-electron chi connectivity index (χ3n) is 2.83. The number of halogens is 2. The molecule has 0 spiro atoms. The van der Waals surface area contributed by atoms with Crippen molar-refractivity contribution in [1.82, 2.24) is 0 Å². The van der Waals surface area contributed by atoms with Gasteiger partial charge in [0.15, 0.2) is 6.29 Å². The van der Waals surface area contributed by atoms with E-state index in [2.05, 4.69) is 0 Å². The fraction of sp³-hybridized carbons (Fsp3) is 0.0625. The van der Waals surface area contributed by atoms with Crippen LogP contribution in [0.1, 0.15) is 27.0 Å². The normalized spacial score (nSPS) is 10.9. The molecule has 0 aliphatic heterocycles. The summed E-state index contributed by atoms with van der Waals surface area (Å²) in [6, 6.07) is 6.38. The molecule has 0 heterocycles. The average molecular weight is 274 g/mol. The van der Waals surface area contributed by atoms with Crippen LogP contribution in [-0.2, 0) is 0 Å². The molecule has 0 saturated heterocycles. The minimum absolute atomic E-state index is 0.0612. The van der Waals surface area contributed by atoms with Crippen molar-refractivity contribution in [3.8, 4) is 5.75 Å². The number of aldehydes is 1. The molecular formula is C16H12F2O2. The summed E-state index contributed by atoms with van der Waals surface area (Å²) in [5.74, 6) is -1.37. The van der Waals surface area contributed by atoms with Gasteiger partial charge in [-0.3, -0.25) is 4.79 Å². The molecule has 2 aromatic carbocycles. The zero-order valence-electron chi connectivity index (χ0n) is 10.7. The number of hydrogen-bond acceptors (Lipinski definition) is 2. The van der Waals surface area contributed by atoms with Gasteiger partial charge in [-0.2, -0.15) is 0 Å². The summed E-state index contributed by atoms with van der Waals surface area (Å²) in [4.78, 5) is 10.8. The zero-order chi connectivity index (χ0) is 14.7. The Morgan fingerprint density at radius 2 is 1.50 bits per heavy atom. The molecule has 20 heavy (non-hydrogen) atoms. The molecule has 102 valence electrons. The van der Waals surface area contributed by atoms with Gasteiger partial charge in [0.2, 0.25) is 0 Å². The first kappa shape index (κ1) is 13.9. The van der Waals surface area contributed by atoms with Crippen molar-refractivity contribution < 1.29 is 18.7 Å². The van der Waals surface area contributed by atoms with Crippen LogP contribution in [0.3, 0.4) is 0 Å². The maximum atomic E-state index is 13.0. The van der Waals surface area contributed by atoms with Crippen molar-refractivity contribution in [2.24, 2.45) is 0 Å². The van der Waals surface area contributed by atoms with Gasteiger partial charge in [0.05, 0.1) is 5.56 Å². The molecule has 4 heteroatoms. The van der Waals surface area contributed by atoms with Crippen LogP contribution in [0.15, 0.2) is 30.3 Å². The number of hydrogen-bond donors (Lipinski definition) is 1. The molecule has 2 nitrogen and oxygen atoms in total. The van der Waals surface area contributed by atoms with Gasteiger partial charge in [0.25, 0.3) is 0 Å². The van der Waals surface area contributed by atoms with Gasteiger partial charge >= 0.3 is 0 Å². The zero-order valence-corrected chi connectivity index (χ0v) is 10.7. The number of carbonyl (C=O) groups is 1. The van der Waals surface area contributed by atoms with Gasteiger partial charge < -0.3 is 5.11 Å². The number of rotatable bonds is 3. The highest BCUT2D eigenvalue weighted by Gasteiger charge is 2.05. The SMILES string of the molecule is Cc1cc(/C=C/c2cc(F)cc(F)c2)cc(C=O)c1O. The third-order valence-corrected chi connectivity index (χ3v) is 2.83. The molecule has 1 N–H and O–H groups in total. The molecule has 2 aromatic rings. The van der Waals surface area contributed by atoms with E-state index in [9.17, 15) is 18.7 Å². The number of benzene rings is 2. The highest BCUT2D eigenvalue weighted by molar-refractivity contribution is 5.83. The first-order valence-electron chi connectivity index (χ1n) is 5.92. The Bertz CT molecular complexity index is 671. The topological polar surface area (TPSA) is 37.3 Å². The highest BCUT2D eigenvalue weighted by Crippen LogP contribution is 2.23. The molecule has 0 saturated carbocycles. The Labute approximate surface area is 115 Å². The lowest BCUT2D eigenvalue weighted by Crippen LogP contribution is -1.87. The van der Waals surface area contributed by atoms with Gasteiger partial charge in [-0.1, -0.05) is 12.2 Å².